The van der Waals surface area contributed by atoms with Crippen molar-refractivity contribution in [3.8, 4) is 0 Å². The summed E-state index contributed by atoms with van der Waals surface area (Å²) >= 11 is 0. The molecule has 0 aromatic carbocycles. The van der Waals surface area contributed by atoms with Crippen molar-refractivity contribution in [2.45, 2.75) is 27.2 Å². The Morgan fingerprint density at radius 2 is 1.79 bits per heavy atom. The highest BCUT2D eigenvalue weighted by atomic mass is 16.5. The van der Waals surface area contributed by atoms with Crippen LogP contribution in [0.3, 0.4) is 0 Å². The third kappa shape index (κ3) is 3.94. The van der Waals surface area contributed by atoms with Gasteiger partial charge < -0.3 is 14.5 Å². The number of H-pyrrole nitrogens is 1. The molecule has 0 saturated carbocycles. The smallest absolute Gasteiger partial charge is 0.339 e. The normalized spacial score (nSPS) is 10.1. The number of nitrogens with one attached hydrogen (secondary N) is 1. The average Bonchev–Trinajstić information content (AvgIpc) is 2.72. The Morgan fingerprint density at radius 3 is 2.37 bits per heavy atom. The van der Waals surface area contributed by atoms with Crippen LogP contribution in [0.4, 0.5) is 0 Å². The topological polar surface area (TPSA) is 85.5 Å². The van der Waals surface area contributed by atoms with Gasteiger partial charge in [-0.3, -0.25) is 9.59 Å². The first kappa shape index (κ1) is 14.9. The molecule has 0 bridgehead atoms. The van der Waals surface area contributed by atoms with Crippen LogP contribution < -0.4 is 0 Å². The maximum Gasteiger partial charge on any atom is 0.339 e. The van der Waals surface area contributed by atoms with Gasteiger partial charge in [0.15, 0.2) is 5.78 Å². The molecule has 104 valence electrons. The summed E-state index contributed by atoms with van der Waals surface area (Å²) in [7, 11) is 0. The number of carbonyl (C=O) groups is 3. The molecular weight excluding hydrogens is 250 g/mol. The molecule has 0 amide bonds. The zero-order chi connectivity index (χ0) is 14.4. The van der Waals surface area contributed by atoms with Crippen molar-refractivity contribution >= 4 is 17.7 Å². The Balaban J connectivity index is 2.80. The van der Waals surface area contributed by atoms with Gasteiger partial charge in [-0.05, 0) is 26.8 Å². The van der Waals surface area contributed by atoms with E-state index in [1.807, 2.05) is 0 Å². The van der Waals surface area contributed by atoms with Gasteiger partial charge in [0.25, 0.3) is 0 Å². The molecule has 1 aromatic rings. The number of ether oxygens (including phenoxy) is 2. The van der Waals surface area contributed by atoms with Crippen LogP contribution in [0, 0.1) is 6.92 Å². The predicted octanol–water partition coefficient (Wildman–Crippen LogP) is 1.64. The van der Waals surface area contributed by atoms with Gasteiger partial charge in [-0.1, -0.05) is 0 Å². The molecule has 1 aromatic heterocycles. The quantitative estimate of drug-likeness (QED) is 0.481. The van der Waals surface area contributed by atoms with Crippen LogP contribution in [-0.4, -0.2) is 35.9 Å². The number of hydrogen-bond donors (Lipinski definition) is 1. The number of esters is 2. The monoisotopic (exact) mass is 267 g/mol. The Labute approximate surface area is 111 Å². The van der Waals surface area contributed by atoms with Crippen LogP contribution in [0.5, 0.6) is 0 Å². The third-order valence-electron chi connectivity index (χ3n) is 2.42. The van der Waals surface area contributed by atoms with Crippen LogP contribution in [0.1, 0.15) is 46.8 Å². The molecule has 0 spiro atoms. The van der Waals surface area contributed by atoms with Gasteiger partial charge in [-0.2, -0.15) is 0 Å². The average molecular weight is 267 g/mol. The molecular formula is C13H17NO5. The molecule has 1 heterocycles. The molecule has 6 nitrogen and oxygen atoms in total. The molecule has 0 aliphatic heterocycles. The lowest BCUT2D eigenvalue weighted by Crippen LogP contribution is -2.11. The summed E-state index contributed by atoms with van der Waals surface area (Å²) in [6, 6.07) is 1.40. The summed E-state index contributed by atoms with van der Waals surface area (Å²) in [5, 5.41) is 0. The Kier molecular flexibility index (Phi) is 5.29. The predicted molar refractivity (Wildman–Crippen MR) is 67.1 cm³/mol. The standard InChI is InChI=1S/C13H17NO5/c1-4-18-12(16)7-11(15)10-6-9(8(3)14-10)13(17)19-5-2/h6,14H,4-5,7H2,1-3H3. The van der Waals surface area contributed by atoms with Crippen molar-refractivity contribution in [2.24, 2.45) is 0 Å². The van der Waals surface area contributed by atoms with Crippen molar-refractivity contribution < 1.29 is 23.9 Å². The van der Waals surface area contributed by atoms with E-state index in [9.17, 15) is 14.4 Å². The van der Waals surface area contributed by atoms with Gasteiger partial charge in [0.2, 0.25) is 0 Å². The number of carbonyl (C=O) groups excluding carboxylic acids is 3. The fourth-order valence-electron chi connectivity index (χ4n) is 1.57. The van der Waals surface area contributed by atoms with Crippen molar-refractivity contribution in [3.05, 3.63) is 23.0 Å². The summed E-state index contributed by atoms with van der Waals surface area (Å²) in [6.07, 6.45) is -0.351. The van der Waals surface area contributed by atoms with Crippen LogP contribution in [0.25, 0.3) is 0 Å². The third-order valence-corrected chi connectivity index (χ3v) is 2.42. The lowest BCUT2D eigenvalue weighted by molar-refractivity contribution is -0.141. The highest BCUT2D eigenvalue weighted by Gasteiger charge is 2.19. The maximum absolute atomic E-state index is 11.8. The zero-order valence-corrected chi connectivity index (χ0v) is 11.2. The fraction of sp³-hybridized carbons (Fsp3) is 0.462. The van der Waals surface area contributed by atoms with Crippen molar-refractivity contribution in [3.63, 3.8) is 0 Å². The van der Waals surface area contributed by atoms with Crippen molar-refractivity contribution in [1.29, 1.82) is 0 Å². The minimum absolute atomic E-state index is 0.202. The minimum Gasteiger partial charge on any atom is -0.466 e. The number of aromatic amines is 1. The Hall–Kier alpha value is -2.11. The van der Waals surface area contributed by atoms with Gasteiger partial charge in [0.1, 0.15) is 6.42 Å². The molecule has 6 heteroatoms. The first-order chi connectivity index (χ1) is 8.99. The lowest BCUT2D eigenvalue weighted by Gasteiger charge is -1.99. The summed E-state index contributed by atoms with van der Waals surface area (Å²) in [5.74, 6) is -1.50. The number of aryl methyl sites for hydroxylation is 1. The van der Waals surface area contributed by atoms with Gasteiger partial charge in [-0.15, -0.1) is 0 Å². The number of rotatable bonds is 6. The second-order valence-electron chi connectivity index (χ2n) is 3.85. The second kappa shape index (κ2) is 6.72. The molecule has 0 radical (unpaired) electrons. The van der Waals surface area contributed by atoms with Gasteiger partial charge in [-0.25, -0.2) is 4.79 Å². The summed E-state index contributed by atoms with van der Waals surface area (Å²) in [4.78, 5) is 37.4. The van der Waals surface area contributed by atoms with E-state index in [2.05, 4.69) is 4.98 Å². The SMILES string of the molecule is CCOC(=O)CC(=O)c1cc(C(=O)OCC)c(C)[nH]1. The fourth-order valence-corrected chi connectivity index (χ4v) is 1.57. The number of aromatic nitrogens is 1. The molecule has 19 heavy (non-hydrogen) atoms. The largest absolute Gasteiger partial charge is 0.466 e. The van der Waals surface area contributed by atoms with E-state index < -0.39 is 17.7 Å². The molecule has 1 rings (SSSR count). The number of ketones is 1. The molecule has 0 atom stereocenters. The maximum atomic E-state index is 11.8. The lowest BCUT2D eigenvalue weighted by atomic mass is 10.2. The molecule has 0 unspecified atom stereocenters. The summed E-state index contributed by atoms with van der Waals surface area (Å²) < 4.78 is 9.55. The first-order valence-electron chi connectivity index (χ1n) is 6.05. The molecule has 0 aliphatic carbocycles. The van der Waals surface area contributed by atoms with Crippen LogP contribution in [-0.2, 0) is 14.3 Å². The highest BCUT2D eigenvalue weighted by Crippen LogP contribution is 2.13. The van der Waals surface area contributed by atoms with Crippen LogP contribution in [0.2, 0.25) is 0 Å². The number of Topliss-reactive ketones (excluding diaryl/α,β-unsaturated/α-hetero) is 1. The van der Waals surface area contributed by atoms with E-state index in [1.165, 1.54) is 6.07 Å². The summed E-state index contributed by atoms with van der Waals surface area (Å²) in [5.41, 5.74) is 1.04. The van der Waals surface area contributed by atoms with E-state index in [4.69, 9.17) is 9.47 Å². The van der Waals surface area contributed by atoms with Gasteiger partial charge >= 0.3 is 11.9 Å². The molecule has 0 aliphatic rings. The molecule has 0 saturated heterocycles. The van der Waals surface area contributed by atoms with Crippen molar-refractivity contribution in [1.82, 2.24) is 4.98 Å². The van der Waals surface area contributed by atoms with Crippen LogP contribution in [0.15, 0.2) is 6.07 Å². The van der Waals surface area contributed by atoms with Gasteiger partial charge in [0, 0.05) is 5.69 Å². The Morgan fingerprint density at radius 1 is 1.16 bits per heavy atom. The minimum atomic E-state index is -0.586. The van der Waals surface area contributed by atoms with E-state index in [1.54, 1.807) is 20.8 Å². The van der Waals surface area contributed by atoms with E-state index in [-0.39, 0.29) is 25.3 Å². The summed E-state index contributed by atoms with van der Waals surface area (Å²) in [6.45, 7) is 5.51. The number of hydrogen-bond acceptors (Lipinski definition) is 5. The zero-order valence-electron chi connectivity index (χ0n) is 11.2. The van der Waals surface area contributed by atoms with Crippen LogP contribution >= 0.6 is 0 Å². The van der Waals surface area contributed by atoms with Crippen molar-refractivity contribution in [2.75, 3.05) is 13.2 Å². The molecule has 0 fully saturated rings. The highest BCUT2D eigenvalue weighted by molar-refractivity contribution is 6.06. The second-order valence-corrected chi connectivity index (χ2v) is 3.85. The van der Waals surface area contributed by atoms with E-state index >= 15 is 0 Å². The molecule has 1 N–H and O–H groups in total. The van der Waals surface area contributed by atoms with E-state index in [0.29, 0.717) is 11.3 Å². The first-order valence-corrected chi connectivity index (χ1v) is 6.05. The van der Waals surface area contributed by atoms with E-state index in [0.717, 1.165) is 0 Å². The van der Waals surface area contributed by atoms with Gasteiger partial charge in [0.05, 0.1) is 24.5 Å². The Bertz CT molecular complexity index is 489.